The summed E-state index contributed by atoms with van der Waals surface area (Å²) in [5, 5.41) is 0. The van der Waals surface area contributed by atoms with Crippen molar-refractivity contribution in [2.75, 3.05) is 33.4 Å². The second-order valence-corrected chi connectivity index (χ2v) is 7.12. The largest absolute Gasteiger partial charge is 0.381 e. The van der Waals surface area contributed by atoms with Gasteiger partial charge in [-0.1, -0.05) is 30.3 Å². The lowest BCUT2D eigenvalue weighted by Gasteiger charge is -2.43. The van der Waals surface area contributed by atoms with Gasteiger partial charge in [0.1, 0.15) is 0 Å². The topological polar surface area (TPSA) is 49.9 Å². The van der Waals surface area contributed by atoms with Gasteiger partial charge >= 0.3 is 0 Å². The zero-order valence-corrected chi connectivity index (χ0v) is 15.2. The lowest BCUT2D eigenvalue weighted by atomic mass is 9.81. The van der Waals surface area contributed by atoms with Crippen LogP contribution < -0.4 is 0 Å². The van der Waals surface area contributed by atoms with Gasteiger partial charge in [0.05, 0.1) is 18.9 Å². The lowest BCUT2D eigenvalue weighted by Crippen LogP contribution is -2.52. The highest BCUT2D eigenvalue weighted by Gasteiger charge is 2.50. The van der Waals surface area contributed by atoms with Crippen molar-refractivity contribution in [1.82, 2.24) is 9.80 Å². The molecule has 2 fully saturated rings. The molecule has 5 heteroatoms. The summed E-state index contributed by atoms with van der Waals surface area (Å²) in [4.78, 5) is 29.0. The smallest absolute Gasteiger partial charge is 0.230 e. The Morgan fingerprint density at radius 1 is 1.24 bits per heavy atom. The molecule has 0 bridgehead atoms. The molecular weight excluding hydrogens is 316 g/mol. The van der Waals surface area contributed by atoms with Crippen LogP contribution in [0.4, 0.5) is 0 Å². The summed E-state index contributed by atoms with van der Waals surface area (Å²) in [6.07, 6.45) is 3.02. The lowest BCUT2D eigenvalue weighted by molar-refractivity contribution is -0.136. The van der Waals surface area contributed by atoms with Gasteiger partial charge in [-0.2, -0.15) is 0 Å². The van der Waals surface area contributed by atoms with Gasteiger partial charge in [-0.25, -0.2) is 0 Å². The average Bonchev–Trinajstić information content (AvgIpc) is 2.88. The molecule has 136 valence electrons. The summed E-state index contributed by atoms with van der Waals surface area (Å²) in [5.74, 6) is 0.323. The fraction of sp³-hybridized carbons (Fsp3) is 0.600. The highest BCUT2D eigenvalue weighted by Crippen LogP contribution is 2.44. The van der Waals surface area contributed by atoms with E-state index >= 15 is 0 Å². The number of hydrogen-bond acceptors (Lipinski definition) is 3. The number of amides is 2. The molecule has 0 unspecified atom stereocenters. The zero-order valence-electron chi connectivity index (χ0n) is 15.2. The van der Waals surface area contributed by atoms with Gasteiger partial charge in [0, 0.05) is 32.3 Å². The Balaban J connectivity index is 1.62. The third kappa shape index (κ3) is 3.56. The summed E-state index contributed by atoms with van der Waals surface area (Å²) in [6.45, 7) is 4.52. The predicted octanol–water partition coefficient (Wildman–Crippen LogP) is 2.42. The Labute approximate surface area is 149 Å². The van der Waals surface area contributed by atoms with Crippen LogP contribution in [0.1, 0.15) is 44.1 Å². The molecule has 0 aromatic heterocycles. The minimum absolute atomic E-state index is 0.0496. The Morgan fingerprint density at radius 3 is 2.56 bits per heavy atom. The summed E-state index contributed by atoms with van der Waals surface area (Å²) >= 11 is 0. The van der Waals surface area contributed by atoms with E-state index in [1.807, 2.05) is 54.1 Å². The number of carbonyl (C=O) groups excluding carboxylic acids is 2. The number of piperidine rings is 1. The first kappa shape index (κ1) is 17.9. The Bertz CT molecular complexity index is 609. The fourth-order valence-electron chi connectivity index (χ4n) is 4.19. The second kappa shape index (κ2) is 7.56. The van der Waals surface area contributed by atoms with Gasteiger partial charge in [0.15, 0.2) is 0 Å². The van der Waals surface area contributed by atoms with Crippen molar-refractivity contribution < 1.29 is 14.3 Å². The maximum atomic E-state index is 12.8. The summed E-state index contributed by atoms with van der Waals surface area (Å²) < 4.78 is 5.28. The minimum Gasteiger partial charge on any atom is -0.381 e. The number of hydrogen-bond donors (Lipinski definition) is 0. The number of benzene rings is 1. The molecule has 2 heterocycles. The third-order valence-corrected chi connectivity index (χ3v) is 5.84. The van der Waals surface area contributed by atoms with E-state index in [0.29, 0.717) is 19.6 Å². The van der Waals surface area contributed by atoms with Crippen molar-refractivity contribution in [2.45, 2.75) is 44.1 Å². The maximum Gasteiger partial charge on any atom is 0.230 e. The van der Waals surface area contributed by atoms with Crippen LogP contribution in [0.15, 0.2) is 30.3 Å². The van der Waals surface area contributed by atoms with Crippen molar-refractivity contribution in [1.29, 1.82) is 0 Å². The van der Waals surface area contributed by atoms with E-state index in [2.05, 4.69) is 0 Å². The van der Waals surface area contributed by atoms with E-state index in [1.165, 1.54) is 0 Å². The van der Waals surface area contributed by atoms with Crippen LogP contribution in [0.2, 0.25) is 0 Å². The van der Waals surface area contributed by atoms with Gasteiger partial charge in [-0.15, -0.1) is 0 Å². The molecule has 1 atom stereocenters. The quantitative estimate of drug-likeness (QED) is 0.771. The van der Waals surface area contributed by atoms with E-state index in [4.69, 9.17) is 4.74 Å². The third-order valence-electron chi connectivity index (χ3n) is 5.84. The first-order valence-electron chi connectivity index (χ1n) is 9.25. The SMILES string of the molecule is CCOCCC(=O)N1CCC2(CC1)C[C@H](c1ccccc1)C(=O)N2C. The van der Waals surface area contributed by atoms with Crippen LogP contribution in [-0.4, -0.2) is 60.5 Å². The molecule has 2 aliphatic heterocycles. The van der Waals surface area contributed by atoms with Crippen molar-refractivity contribution >= 4 is 11.8 Å². The van der Waals surface area contributed by atoms with Crippen LogP contribution in [0.5, 0.6) is 0 Å². The standard InChI is InChI=1S/C20H28N2O3/c1-3-25-14-9-18(23)22-12-10-20(11-13-22)15-17(19(24)21(20)2)16-7-5-4-6-8-16/h4-8,17H,3,9-15H2,1-2H3/t17-/m1/s1. The molecule has 0 N–H and O–H groups in total. The Kier molecular flexibility index (Phi) is 5.42. The van der Waals surface area contributed by atoms with Crippen molar-refractivity contribution in [2.24, 2.45) is 0 Å². The molecule has 1 aromatic carbocycles. The summed E-state index contributed by atoms with van der Waals surface area (Å²) in [6, 6.07) is 10.1. The van der Waals surface area contributed by atoms with Gasteiger partial charge in [0.25, 0.3) is 0 Å². The summed E-state index contributed by atoms with van der Waals surface area (Å²) in [5.41, 5.74) is 1.00. The Hall–Kier alpha value is -1.88. The van der Waals surface area contributed by atoms with Crippen LogP contribution in [0, 0.1) is 0 Å². The normalized spacial score (nSPS) is 22.6. The molecule has 1 aromatic rings. The maximum absolute atomic E-state index is 12.8. The number of likely N-dealkylation sites (N-methyl/N-ethyl adjacent to an activating group) is 1. The molecular formula is C20H28N2O3. The van der Waals surface area contributed by atoms with Crippen LogP contribution in [0.3, 0.4) is 0 Å². The van der Waals surface area contributed by atoms with Gasteiger partial charge in [-0.3, -0.25) is 9.59 Å². The number of ether oxygens (including phenoxy) is 1. The molecule has 0 aliphatic carbocycles. The second-order valence-electron chi connectivity index (χ2n) is 7.12. The molecule has 25 heavy (non-hydrogen) atoms. The van der Waals surface area contributed by atoms with Crippen molar-refractivity contribution in [3.05, 3.63) is 35.9 Å². The first-order chi connectivity index (χ1) is 12.1. The Morgan fingerprint density at radius 2 is 1.92 bits per heavy atom. The van der Waals surface area contributed by atoms with Crippen LogP contribution in [-0.2, 0) is 14.3 Å². The van der Waals surface area contributed by atoms with Crippen LogP contribution in [0.25, 0.3) is 0 Å². The highest BCUT2D eigenvalue weighted by molar-refractivity contribution is 5.87. The molecule has 2 aliphatic rings. The molecule has 3 rings (SSSR count). The molecule has 0 saturated carbocycles. The van der Waals surface area contributed by atoms with E-state index in [-0.39, 0.29) is 23.3 Å². The van der Waals surface area contributed by atoms with Crippen molar-refractivity contribution in [3.8, 4) is 0 Å². The monoisotopic (exact) mass is 344 g/mol. The van der Waals surface area contributed by atoms with E-state index in [9.17, 15) is 9.59 Å². The molecule has 0 radical (unpaired) electrons. The first-order valence-corrected chi connectivity index (χ1v) is 9.25. The molecule has 2 amide bonds. The predicted molar refractivity (Wildman–Crippen MR) is 96.2 cm³/mol. The number of carbonyl (C=O) groups is 2. The van der Waals surface area contributed by atoms with Gasteiger partial charge in [0.2, 0.25) is 11.8 Å². The fourth-order valence-corrected chi connectivity index (χ4v) is 4.19. The number of likely N-dealkylation sites (tertiary alicyclic amines) is 2. The van der Waals surface area contributed by atoms with Crippen LogP contribution >= 0.6 is 0 Å². The average molecular weight is 344 g/mol. The van der Waals surface area contributed by atoms with Gasteiger partial charge in [-0.05, 0) is 31.7 Å². The zero-order chi connectivity index (χ0) is 17.9. The number of rotatable bonds is 5. The number of nitrogens with zero attached hydrogens (tertiary/aromatic N) is 2. The van der Waals surface area contributed by atoms with Gasteiger partial charge < -0.3 is 14.5 Å². The molecule has 1 spiro atoms. The van der Waals surface area contributed by atoms with Crippen molar-refractivity contribution in [3.63, 3.8) is 0 Å². The minimum atomic E-state index is -0.103. The van der Waals surface area contributed by atoms with E-state index in [0.717, 1.165) is 37.9 Å². The van der Waals surface area contributed by atoms with E-state index < -0.39 is 0 Å². The molecule has 5 nitrogen and oxygen atoms in total. The molecule has 2 saturated heterocycles. The van der Waals surface area contributed by atoms with E-state index in [1.54, 1.807) is 0 Å². The summed E-state index contributed by atoms with van der Waals surface area (Å²) in [7, 11) is 1.93. The highest BCUT2D eigenvalue weighted by atomic mass is 16.5.